The summed E-state index contributed by atoms with van der Waals surface area (Å²) >= 11 is 0. The van der Waals surface area contributed by atoms with Crippen molar-refractivity contribution in [3.8, 4) is 34.5 Å². The van der Waals surface area contributed by atoms with Crippen molar-refractivity contribution < 1.29 is 33.0 Å². The van der Waals surface area contributed by atoms with Gasteiger partial charge in [-0.3, -0.25) is 0 Å². The Morgan fingerprint density at radius 1 is 0.400 bits per heavy atom. The molecule has 4 aromatic carbocycles. The lowest BCUT2D eigenvalue weighted by atomic mass is 9.93. The van der Waals surface area contributed by atoms with Crippen LogP contribution in [-0.2, 0) is 13.6 Å². The number of nitrogens with zero attached hydrogens (tertiary/aromatic N) is 2. The molecule has 0 unspecified atom stereocenters. The fourth-order valence-electron chi connectivity index (χ4n) is 6.72. The van der Waals surface area contributed by atoms with Gasteiger partial charge in [-0.05, 0) is 120 Å². The van der Waals surface area contributed by atoms with Crippen LogP contribution in [-0.4, -0.2) is 44.2 Å². The number of hydrogen-bond donors (Lipinski definition) is 0. The average Bonchev–Trinajstić information content (AvgIpc) is 3.61. The molecule has 0 N–H and O–H groups in total. The van der Waals surface area contributed by atoms with E-state index in [4.69, 9.17) is 28.4 Å². The van der Waals surface area contributed by atoms with E-state index in [0.29, 0.717) is 39.6 Å². The third-order valence-electron chi connectivity index (χ3n) is 10.0. The van der Waals surface area contributed by atoms with Crippen molar-refractivity contribution in [2.75, 3.05) is 39.6 Å². The molecule has 8 heteroatoms. The quantitative estimate of drug-likeness (QED) is 0.0302. The number of aromatic nitrogens is 2. The summed E-state index contributed by atoms with van der Waals surface area (Å²) in [6.07, 6.45) is 19.7. The second-order valence-corrected chi connectivity index (χ2v) is 14.8. The number of imidazole rings is 1. The second kappa shape index (κ2) is 22.3. The maximum atomic E-state index is 6.62. The Morgan fingerprint density at radius 3 is 0.945 bits per heavy atom. The van der Waals surface area contributed by atoms with Crippen LogP contribution in [0.4, 0.5) is 0 Å². The van der Waals surface area contributed by atoms with Crippen molar-refractivity contribution in [1.29, 1.82) is 0 Å². The molecule has 5 rings (SSSR count). The number of rotatable bonds is 27. The first-order chi connectivity index (χ1) is 27.0. The molecule has 5 aromatic rings. The van der Waals surface area contributed by atoms with Gasteiger partial charge in [-0.1, -0.05) is 66.7 Å². The van der Waals surface area contributed by atoms with Gasteiger partial charge in [0.15, 0.2) is 34.5 Å². The average molecular weight is 756 g/mol. The number of benzene rings is 4. The summed E-state index contributed by atoms with van der Waals surface area (Å²) in [7, 11) is 2.06. The molecule has 0 aliphatic carbocycles. The summed E-state index contributed by atoms with van der Waals surface area (Å²) < 4.78 is 43.3. The van der Waals surface area contributed by atoms with Crippen LogP contribution in [0.15, 0.2) is 55.1 Å². The van der Waals surface area contributed by atoms with Crippen LogP contribution in [0.25, 0.3) is 32.3 Å². The maximum absolute atomic E-state index is 6.62. The summed E-state index contributed by atoms with van der Waals surface area (Å²) in [5.74, 6) is 4.66. The highest BCUT2D eigenvalue weighted by molar-refractivity contribution is 6.26. The smallest absolute Gasteiger partial charge is 0.243 e. The Labute approximate surface area is 330 Å². The van der Waals surface area contributed by atoms with Crippen molar-refractivity contribution in [3.63, 3.8) is 0 Å². The van der Waals surface area contributed by atoms with Gasteiger partial charge in [-0.2, -0.15) is 0 Å². The largest absolute Gasteiger partial charge is 0.490 e. The molecule has 300 valence electrons. The fraction of sp³-hybridized carbons (Fsp3) is 0.553. The van der Waals surface area contributed by atoms with E-state index in [0.717, 1.165) is 157 Å². The first kappa shape index (κ1) is 41.8. The predicted octanol–water partition coefficient (Wildman–Crippen LogP) is 11.9. The Kier molecular flexibility index (Phi) is 16.9. The maximum Gasteiger partial charge on any atom is 0.243 e. The zero-order valence-electron chi connectivity index (χ0n) is 34.7. The third-order valence-corrected chi connectivity index (χ3v) is 10.0. The van der Waals surface area contributed by atoms with Gasteiger partial charge in [-0.15, -0.1) is 0 Å². The zero-order chi connectivity index (χ0) is 38.8. The van der Waals surface area contributed by atoms with Crippen LogP contribution < -0.4 is 33.0 Å². The molecule has 0 radical (unpaired) electrons. The summed E-state index contributed by atoms with van der Waals surface area (Å²) in [5.41, 5.74) is 0. The molecule has 0 bridgehead atoms. The summed E-state index contributed by atoms with van der Waals surface area (Å²) in [6.45, 7) is 15.7. The van der Waals surface area contributed by atoms with Crippen molar-refractivity contribution in [1.82, 2.24) is 4.57 Å². The highest BCUT2D eigenvalue weighted by Crippen LogP contribution is 2.47. The first-order valence-electron chi connectivity index (χ1n) is 21.3. The number of aryl methyl sites for hydroxylation is 2. The summed E-state index contributed by atoms with van der Waals surface area (Å²) in [4.78, 5) is 0. The normalized spacial score (nSPS) is 11.5. The second-order valence-electron chi connectivity index (χ2n) is 14.8. The third kappa shape index (κ3) is 11.6. The van der Waals surface area contributed by atoms with E-state index in [1.165, 1.54) is 0 Å². The van der Waals surface area contributed by atoms with E-state index in [1.54, 1.807) is 0 Å². The molecule has 0 amide bonds. The Bertz CT molecular complexity index is 1870. The van der Waals surface area contributed by atoms with E-state index in [1.807, 2.05) is 0 Å². The molecule has 8 nitrogen and oxygen atoms in total. The van der Waals surface area contributed by atoms with Crippen LogP contribution in [0.3, 0.4) is 0 Å². The van der Waals surface area contributed by atoms with Crippen LogP contribution >= 0.6 is 0 Å². The lowest BCUT2D eigenvalue weighted by Gasteiger charge is -2.20. The van der Waals surface area contributed by atoms with Gasteiger partial charge < -0.3 is 28.4 Å². The highest BCUT2D eigenvalue weighted by Gasteiger charge is 2.20. The molecular formula is C47H67N2O6+. The Balaban J connectivity index is 1.65. The molecule has 0 fully saturated rings. The standard InChI is InChI=1S/C47H67N2O6/c1-7-12-23-50-42-29-36-37-30-43(51-24-13-8-2)45(53-26-15-10-4)32-39(37)41-34-47(55-28-19-17-18-20-49-22-21-48(6)35-49)46(54-27-16-11-5)33-40(41)38(36)31-44(42)52-25-14-9-3/h21-22,29-35H,7-20,23-28H2,1-6H3/q+1. The summed E-state index contributed by atoms with van der Waals surface area (Å²) in [6, 6.07) is 13.1. The van der Waals surface area contributed by atoms with Gasteiger partial charge in [0.25, 0.3) is 0 Å². The number of hydrogen-bond acceptors (Lipinski definition) is 6. The van der Waals surface area contributed by atoms with Crippen molar-refractivity contribution in [2.45, 2.75) is 125 Å². The Hall–Kier alpha value is -4.33. The molecule has 0 saturated heterocycles. The lowest BCUT2D eigenvalue weighted by Crippen LogP contribution is -2.23. The summed E-state index contributed by atoms with van der Waals surface area (Å²) in [5, 5.41) is 6.51. The molecule has 0 spiro atoms. The van der Waals surface area contributed by atoms with Crippen LogP contribution in [0.2, 0.25) is 0 Å². The van der Waals surface area contributed by atoms with Gasteiger partial charge in [0.1, 0.15) is 12.4 Å². The minimum Gasteiger partial charge on any atom is -0.490 e. The zero-order valence-corrected chi connectivity index (χ0v) is 34.7. The molecule has 0 aliphatic heterocycles. The van der Waals surface area contributed by atoms with Crippen LogP contribution in [0, 0.1) is 0 Å². The fourth-order valence-corrected chi connectivity index (χ4v) is 6.72. The van der Waals surface area contributed by atoms with Gasteiger partial charge >= 0.3 is 0 Å². The van der Waals surface area contributed by atoms with Crippen molar-refractivity contribution in [3.05, 3.63) is 55.1 Å². The molecule has 0 aliphatic rings. The molecule has 0 atom stereocenters. The van der Waals surface area contributed by atoms with Crippen LogP contribution in [0.1, 0.15) is 118 Å². The molecule has 55 heavy (non-hydrogen) atoms. The first-order valence-corrected chi connectivity index (χ1v) is 21.3. The SMILES string of the molecule is CCCCOc1cc2c3cc(OCCCC)c(OCCCC)cc3c3cc(OCCCCCn4cc[n+](C)c4)c(OCCCC)cc3c2cc1OCCCC. The van der Waals surface area contributed by atoms with Gasteiger partial charge in [0, 0.05) is 0 Å². The number of unbranched alkanes of at least 4 members (excludes halogenated alkanes) is 7. The highest BCUT2D eigenvalue weighted by atomic mass is 16.5. The van der Waals surface area contributed by atoms with Gasteiger partial charge in [-0.25, -0.2) is 9.13 Å². The van der Waals surface area contributed by atoms with Crippen molar-refractivity contribution in [2.24, 2.45) is 7.05 Å². The molecule has 1 heterocycles. The van der Waals surface area contributed by atoms with E-state index >= 15 is 0 Å². The van der Waals surface area contributed by atoms with E-state index in [2.05, 4.69) is 106 Å². The van der Waals surface area contributed by atoms with E-state index in [-0.39, 0.29) is 0 Å². The minimum atomic E-state index is 0.620. The predicted molar refractivity (Wildman–Crippen MR) is 226 cm³/mol. The monoisotopic (exact) mass is 755 g/mol. The molecule has 1 aromatic heterocycles. The minimum absolute atomic E-state index is 0.620. The Morgan fingerprint density at radius 2 is 0.691 bits per heavy atom. The lowest BCUT2D eigenvalue weighted by molar-refractivity contribution is -0.671. The van der Waals surface area contributed by atoms with E-state index < -0.39 is 0 Å². The van der Waals surface area contributed by atoms with Gasteiger partial charge in [0.05, 0.1) is 53.2 Å². The molecular weight excluding hydrogens is 689 g/mol. The van der Waals surface area contributed by atoms with Crippen molar-refractivity contribution >= 4 is 32.3 Å². The van der Waals surface area contributed by atoms with Gasteiger partial charge in [0.2, 0.25) is 6.33 Å². The van der Waals surface area contributed by atoms with Crippen LogP contribution in [0.5, 0.6) is 34.5 Å². The number of fused-ring (bicyclic) bond motifs is 6. The van der Waals surface area contributed by atoms with E-state index in [9.17, 15) is 0 Å². The number of ether oxygens (including phenoxy) is 6. The topological polar surface area (TPSA) is 64.2 Å². The molecule has 0 saturated carbocycles.